The fourth-order valence-electron chi connectivity index (χ4n) is 4.88. The molecule has 0 spiro atoms. The molecule has 4 heteroatoms. The Balaban J connectivity index is 1.31. The third kappa shape index (κ3) is 2.92. The Bertz CT molecular complexity index is 887. The number of hydrogen-bond acceptors (Lipinski definition) is 2. The molecule has 3 aliphatic rings. The van der Waals surface area contributed by atoms with Gasteiger partial charge in [-0.2, -0.15) is 0 Å². The van der Waals surface area contributed by atoms with Crippen LogP contribution >= 0.6 is 0 Å². The highest BCUT2D eigenvalue weighted by Crippen LogP contribution is 2.50. The van der Waals surface area contributed by atoms with Crippen molar-refractivity contribution < 1.29 is 9.59 Å². The Labute approximate surface area is 166 Å². The molecule has 2 aromatic carbocycles. The highest BCUT2D eigenvalue weighted by Gasteiger charge is 2.53. The van der Waals surface area contributed by atoms with Crippen LogP contribution in [-0.2, 0) is 15.0 Å². The minimum Gasteiger partial charge on any atom is -0.341 e. The summed E-state index contributed by atoms with van der Waals surface area (Å²) in [5.74, 6) is 0.939. The van der Waals surface area contributed by atoms with E-state index < -0.39 is 0 Å². The second-order valence-corrected chi connectivity index (χ2v) is 8.43. The number of likely N-dealkylation sites (tertiary alicyclic amines) is 1. The van der Waals surface area contributed by atoms with Gasteiger partial charge >= 0.3 is 0 Å². The lowest BCUT2D eigenvalue weighted by Gasteiger charge is -2.24. The van der Waals surface area contributed by atoms with Gasteiger partial charge in [0.05, 0.1) is 5.41 Å². The molecule has 1 saturated carbocycles. The van der Waals surface area contributed by atoms with Crippen molar-refractivity contribution in [3.05, 3.63) is 65.7 Å². The minimum absolute atomic E-state index is 0.203. The van der Waals surface area contributed by atoms with Crippen molar-refractivity contribution in [1.82, 2.24) is 4.90 Å². The van der Waals surface area contributed by atoms with Crippen molar-refractivity contribution in [2.75, 3.05) is 24.5 Å². The van der Waals surface area contributed by atoms with Gasteiger partial charge in [-0.1, -0.05) is 42.5 Å². The van der Waals surface area contributed by atoms with Gasteiger partial charge < -0.3 is 9.80 Å². The van der Waals surface area contributed by atoms with Crippen LogP contribution in [0.5, 0.6) is 0 Å². The molecule has 2 heterocycles. The zero-order chi connectivity index (χ0) is 19.1. The van der Waals surface area contributed by atoms with Gasteiger partial charge in [-0.05, 0) is 48.9 Å². The van der Waals surface area contributed by atoms with Crippen molar-refractivity contribution in [3.8, 4) is 0 Å². The van der Waals surface area contributed by atoms with Crippen molar-refractivity contribution >= 4 is 17.5 Å². The lowest BCUT2D eigenvalue weighted by Crippen LogP contribution is -2.37. The fourth-order valence-corrected chi connectivity index (χ4v) is 4.88. The first-order valence-corrected chi connectivity index (χ1v) is 10.4. The van der Waals surface area contributed by atoms with Gasteiger partial charge in [0.25, 0.3) is 0 Å². The van der Waals surface area contributed by atoms with E-state index in [-0.39, 0.29) is 17.2 Å². The van der Waals surface area contributed by atoms with E-state index in [1.807, 2.05) is 23.1 Å². The van der Waals surface area contributed by atoms with Gasteiger partial charge in [-0.25, -0.2) is 0 Å². The van der Waals surface area contributed by atoms with Crippen molar-refractivity contribution in [2.45, 2.75) is 43.4 Å². The van der Waals surface area contributed by atoms with Crippen molar-refractivity contribution in [2.24, 2.45) is 0 Å². The summed E-state index contributed by atoms with van der Waals surface area (Å²) in [5.41, 5.74) is 3.07. The minimum atomic E-state index is -0.334. The summed E-state index contributed by atoms with van der Waals surface area (Å²) >= 11 is 0. The van der Waals surface area contributed by atoms with E-state index in [0.717, 1.165) is 56.6 Å². The molecule has 144 valence electrons. The van der Waals surface area contributed by atoms with Gasteiger partial charge in [0.2, 0.25) is 11.8 Å². The molecule has 28 heavy (non-hydrogen) atoms. The van der Waals surface area contributed by atoms with Crippen molar-refractivity contribution in [1.29, 1.82) is 0 Å². The van der Waals surface area contributed by atoms with E-state index in [2.05, 4.69) is 41.3 Å². The maximum Gasteiger partial charge on any atom is 0.233 e. The zero-order valence-electron chi connectivity index (χ0n) is 16.1. The van der Waals surface area contributed by atoms with Gasteiger partial charge in [0, 0.05) is 37.7 Å². The SMILES string of the molecule is O=C1CCCN1c1ccc(C2(C(=O)N3CCC(c4ccccc4)C3)CC2)cc1. The predicted octanol–water partition coefficient (Wildman–Crippen LogP) is 3.86. The molecule has 2 aliphatic heterocycles. The van der Waals surface area contributed by atoms with E-state index in [9.17, 15) is 9.59 Å². The maximum atomic E-state index is 13.4. The number of nitrogens with zero attached hydrogens (tertiary/aromatic N) is 2. The fraction of sp³-hybridized carbons (Fsp3) is 0.417. The van der Waals surface area contributed by atoms with Crippen LogP contribution < -0.4 is 4.90 Å². The van der Waals surface area contributed by atoms with Crippen molar-refractivity contribution in [3.63, 3.8) is 0 Å². The molecule has 0 N–H and O–H groups in total. The lowest BCUT2D eigenvalue weighted by molar-refractivity contribution is -0.133. The molecule has 0 aromatic heterocycles. The molecule has 0 bridgehead atoms. The van der Waals surface area contributed by atoms with E-state index >= 15 is 0 Å². The molecular formula is C24H26N2O2. The highest BCUT2D eigenvalue weighted by atomic mass is 16.2. The average molecular weight is 374 g/mol. The Hall–Kier alpha value is -2.62. The Morgan fingerprint density at radius 1 is 0.964 bits per heavy atom. The van der Waals surface area contributed by atoms with E-state index in [1.165, 1.54) is 5.56 Å². The predicted molar refractivity (Wildman–Crippen MR) is 109 cm³/mol. The van der Waals surface area contributed by atoms with Crippen LogP contribution in [0.2, 0.25) is 0 Å². The van der Waals surface area contributed by atoms with E-state index in [4.69, 9.17) is 0 Å². The summed E-state index contributed by atoms with van der Waals surface area (Å²) in [5, 5.41) is 0. The number of carbonyl (C=O) groups is 2. The quantitative estimate of drug-likeness (QED) is 0.815. The molecule has 1 atom stereocenters. The Morgan fingerprint density at radius 3 is 2.36 bits per heavy atom. The highest BCUT2D eigenvalue weighted by molar-refractivity contribution is 5.96. The Morgan fingerprint density at radius 2 is 1.71 bits per heavy atom. The van der Waals surface area contributed by atoms with E-state index in [1.54, 1.807) is 0 Å². The number of benzene rings is 2. The molecular weight excluding hydrogens is 348 g/mol. The number of amides is 2. The summed E-state index contributed by atoms with van der Waals surface area (Å²) in [7, 11) is 0. The van der Waals surface area contributed by atoms with Crippen LogP contribution in [0.4, 0.5) is 5.69 Å². The third-order valence-electron chi connectivity index (χ3n) is 6.71. The molecule has 4 nitrogen and oxygen atoms in total. The van der Waals surface area contributed by atoms with Crippen LogP contribution in [0.15, 0.2) is 54.6 Å². The average Bonchev–Trinajstić information content (AvgIpc) is 3.19. The van der Waals surface area contributed by atoms with Crippen LogP contribution in [0.3, 0.4) is 0 Å². The molecule has 5 rings (SSSR count). The topological polar surface area (TPSA) is 40.6 Å². The normalized spacial score (nSPS) is 23.3. The molecule has 2 aromatic rings. The van der Waals surface area contributed by atoms with Gasteiger partial charge in [0.15, 0.2) is 0 Å². The summed E-state index contributed by atoms with van der Waals surface area (Å²) in [6, 6.07) is 18.7. The van der Waals surface area contributed by atoms with Gasteiger partial charge in [-0.15, -0.1) is 0 Å². The molecule has 1 unspecified atom stereocenters. The summed E-state index contributed by atoms with van der Waals surface area (Å²) < 4.78 is 0. The lowest BCUT2D eigenvalue weighted by atomic mass is 9.94. The number of anilines is 1. The summed E-state index contributed by atoms with van der Waals surface area (Å²) in [4.78, 5) is 29.3. The van der Waals surface area contributed by atoms with Crippen LogP contribution in [-0.4, -0.2) is 36.3 Å². The zero-order valence-corrected chi connectivity index (χ0v) is 16.1. The Kier molecular flexibility index (Phi) is 4.22. The number of rotatable bonds is 4. The molecule has 1 aliphatic carbocycles. The van der Waals surface area contributed by atoms with E-state index in [0.29, 0.717) is 12.3 Å². The standard InChI is InChI=1S/C24H26N2O2/c27-22-7-4-15-26(22)21-10-8-20(9-11-21)24(13-14-24)23(28)25-16-12-19(17-25)18-5-2-1-3-6-18/h1-3,5-6,8-11,19H,4,7,12-17H2. The monoisotopic (exact) mass is 374 g/mol. The molecule has 2 amide bonds. The first kappa shape index (κ1) is 17.5. The van der Waals surface area contributed by atoms with Gasteiger partial charge in [0.1, 0.15) is 0 Å². The third-order valence-corrected chi connectivity index (χ3v) is 6.71. The smallest absolute Gasteiger partial charge is 0.233 e. The first-order valence-electron chi connectivity index (χ1n) is 10.4. The summed E-state index contributed by atoms with van der Waals surface area (Å²) in [6.07, 6.45) is 4.48. The number of hydrogen-bond donors (Lipinski definition) is 0. The molecule has 0 radical (unpaired) electrons. The van der Waals surface area contributed by atoms with Crippen LogP contribution in [0.25, 0.3) is 0 Å². The second kappa shape index (κ2) is 6.77. The largest absolute Gasteiger partial charge is 0.341 e. The molecule has 2 saturated heterocycles. The van der Waals surface area contributed by atoms with Crippen LogP contribution in [0, 0.1) is 0 Å². The summed E-state index contributed by atoms with van der Waals surface area (Å²) in [6.45, 7) is 2.47. The first-order chi connectivity index (χ1) is 13.7. The molecule has 3 fully saturated rings. The van der Waals surface area contributed by atoms with Gasteiger partial charge in [-0.3, -0.25) is 9.59 Å². The number of carbonyl (C=O) groups excluding carboxylic acids is 2. The van der Waals surface area contributed by atoms with Crippen LogP contribution in [0.1, 0.15) is 49.1 Å². The maximum absolute atomic E-state index is 13.4. The second-order valence-electron chi connectivity index (χ2n) is 8.43.